The van der Waals surface area contributed by atoms with E-state index in [1.165, 1.54) is 11.6 Å². The first-order chi connectivity index (χ1) is 12.0. The van der Waals surface area contributed by atoms with Crippen LogP contribution in [0.5, 0.6) is 0 Å². The molecule has 0 saturated carbocycles. The fraction of sp³-hybridized carbons (Fsp3) is 0.412. The Labute approximate surface area is 143 Å². The number of fused-ring (bicyclic) bond motifs is 1. The Hall–Kier alpha value is -2.90. The van der Waals surface area contributed by atoms with Crippen LogP contribution in [-0.2, 0) is 16.1 Å². The van der Waals surface area contributed by atoms with Crippen LogP contribution in [0.3, 0.4) is 0 Å². The van der Waals surface area contributed by atoms with Gasteiger partial charge >= 0.3 is 0 Å². The SMILES string of the molecule is CC(=O)N1CCN(C(=O)CCn2[nH]c(=O)c3ccccc3c2=O)CC1. The summed E-state index contributed by atoms with van der Waals surface area (Å²) in [6.07, 6.45) is 0.119. The van der Waals surface area contributed by atoms with Gasteiger partial charge in [-0.2, -0.15) is 0 Å². The number of hydrogen-bond donors (Lipinski definition) is 1. The molecule has 8 nitrogen and oxygen atoms in total. The molecule has 0 spiro atoms. The third kappa shape index (κ3) is 3.47. The Balaban J connectivity index is 1.68. The molecule has 0 bridgehead atoms. The molecular weight excluding hydrogens is 324 g/mol. The highest BCUT2D eigenvalue weighted by Gasteiger charge is 2.22. The Morgan fingerprint density at radius 2 is 1.60 bits per heavy atom. The van der Waals surface area contributed by atoms with Crippen LogP contribution in [0.25, 0.3) is 10.8 Å². The molecule has 3 rings (SSSR count). The summed E-state index contributed by atoms with van der Waals surface area (Å²) in [6, 6.07) is 6.60. The molecule has 0 aliphatic carbocycles. The summed E-state index contributed by atoms with van der Waals surface area (Å²) in [7, 11) is 0. The molecule has 1 fully saturated rings. The minimum absolute atomic E-state index is 0.00684. The van der Waals surface area contributed by atoms with E-state index in [0.29, 0.717) is 37.0 Å². The highest BCUT2D eigenvalue weighted by atomic mass is 16.2. The first kappa shape index (κ1) is 16.9. The van der Waals surface area contributed by atoms with Gasteiger partial charge in [-0.3, -0.25) is 24.3 Å². The first-order valence-corrected chi connectivity index (χ1v) is 8.22. The lowest BCUT2D eigenvalue weighted by Gasteiger charge is -2.34. The van der Waals surface area contributed by atoms with E-state index in [1.807, 2.05) is 0 Å². The Bertz CT molecular complexity index is 922. The molecule has 0 radical (unpaired) electrons. The summed E-state index contributed by atoms with van der Waals surface area (Å²) in [5, 5.41) is 3.21. The van der Waals surface area contributed by atoms with E-state index in [2.05, 4.69) is 5.10 Å². The molecule has 1 aromatic carbocycles. The predicted octanol–water partition coefficient (Wildman–Crippen LogP) is -0.229. The standard InChI is InChI=1S/C17H20N4O4/c1-12(22)19-8-10-20(11-9-19)15(23)6-7-21-17(25)14-5-3-2-4-13(14)16(24)18-21/h2-5H,6-11H2,1H3,(H,18,24). The molecule has 1 aliphatic rings. The maximum Gasteiger partial charge on any atom is 0.273 e. The molecule has 132 valence electrons. The van der Waals surface area contributed by atoms with Gasteiger partial charge < -0.3 is 9.80 Å². The normalized spacial score (nSPS) is 14.8. The first-order valence-electron chi connectivity index (χ1n) is 8.22. The second kappa shape index (κ2) is 6.92. The molecule has 2 aromatic rings. The number of aromatic amines is 1. The smallest absolute Gasteiger partial charge is 0.273 e. The number of hydrogen-bond acceptors (Lipinski definition) is 4. The summed E-state index contributed by atoms with van der Waals surface area (Å²) >= 11 is 0. The van der Waals surface area contributed by atoms with Gasteiger partial charge in [0.1, 0.15) is 0 Å². The maximum atomic E-state index is 12.4. The molecule has 2 amide bonds. The van der Waals surface area contributed by atoms with Crippen LogP contribution in [0, 0.1) is 0 Å². The molecular formula is C17H20N4O4. The second-order valence-electron chi connectivity index (χ2n) is 6.08. The van der Waals surface area contributed by atoms with Crippen LogP contribution < -0.4 is 11.1 Å². The van der Waals surface area contributed by atoms with Crippen molar-refractivity contribution < 1.29 is 9.59 Å². The van der Waals surface area contributed by atoms with Crippen LogP contribution in [0.1, 0.15) is 13.3 Å². The van der Waals surface area contributed by atoms with Crippen molar-refractivity contribution in [3.8, 4) is 0 Å². The molecule has 1 aromatic heterocycles. The van der Waals surface area contributed by atoms with Crippen LogP contribution in [0.4, 0.5) is 0 Å². The van der Waals surface area contributed by atoms with E-state index in [-0.39, 0.29) is 35.9 Å². The van der Waals surface area contributed by atoms with Gasteiger partial charge in [0.15, 0.2) is 0 Å². The van der Waals surface area contributed by atoms with Crippen molar-refractivity contribution in [2.24, 2.45) is 0 Å². The Morgan fingerprint density at radius 3 is 2.24 bits per heavy atom. The zero-order valence-corrected chi connectivity index (χ0v) is 14.0. The third-order valence-electron chi connectivity index (χ3n) is 4.51. The van der Waals surface area contributed by atoms with Gasteiger partial charge in [-0.1, -0.05) is 12.1 Å². The van der Waals surface area contributed by atoms with Crippen LogP contribution >= 0.6 is 0 Å². The average Bonchev–Trinajstić information content (AvgIpc) is 2.63. The fourth-order valence-electron chi connectivity index (χ4n) is 3.04. The number of aryl methyl sites for hydroxylation is 1. The number of benzene rings is 1. The Morgan fingerprint density at radius 1 is 1.00 bits per heavy atom. The number of H-pyrrole nitrogens is 1. The number of nitrogens with zero attached hydrogens (tertiary/aromatic N) is 3. The lowest BCUT2D eigenvalue weighted by Crippen LogP contribution is -2.50. The monoisotopic (exact) mass is 344 g/mol. The molecule has 25 heavy (non-hydrogen) atoms. The van der Waals surface area contributed by atoms with Crippen LogP contribution in [-0.4, -0.2) is 57.6 Å². The van der Waals surface area contributed by atoms with Gasteiger partial charge in [-0.25, -0.2) is 4.68 Å². The van der Waals surface area contributed by atoms with Gasteiger partial charge in [0.05, 0.1) is 17.3 Å². The lowest BCUT2D eigenvalue weighted by atomic mass is 10.2. The van der Waals surface area contributed by atoms with E-state index >= 15 is 0 Å². The molecule has 0 atom stereocenters. The van der Waals surface area contributed by atoms with E-state index in [9.17, 15) is 19.2 Å². The third-order valence-corrected chi connectivity index (χ3v) is 4.51. The minimum Gasteiger partial charge on any atom is -0.339 e. The number of amides is 2. The number of carbonyl (C=O) groups is 2. The van der Waals surface area contributed by atoms with Crippen molar-refractivity contribution >= 4 is 22.6 Å². The van der Waals surface area contributed by atoms with Crippen molar-refractivity contribution in [1.82, 2.24) is 19.6 Å². The maximum absolute atomic E-state index is 12.4. The van der Waals surface area contributed by atoms with E-state index in [1.54, 1.807) is 34.1 Å². The van der Waals surface area contributed by atoms with Crippen molar-refractivity contribution in [1.29, 1.82) is 0 Å². The predicted molar refractivity (Wildman–Crippen MR) is 92.3 cm³/mol. The second-order valence-corrected chi connectivity index (χ2v) is 6.08. The zero-order valence-electron chi connectivity index (χ0n) is 14.0. The molecule has 1 saturated heterocycles. The zero-order chi connectivity index (χ0) is 18.0. The quantitative estimate of drug-likeness (QED) is 0.832. The number of piperazine rings is 1. The number of nitrogens with one attached hydrogen (secondary N) is 1. The van der Waals surface area contributed by atoms with Crippen molar-refractivity contribution in [2.45, 2.75) is 19.9 Å². The van der Waals surface area contributed by atoms with Gasteiger partial charge in [0, 0.05) is 39.5 Å². The number of carbonyl (C=O) groups excluding carboxylic acids is 2. The largest absolute Gasteiger partial charge is 0.339 e. The lowest BCUT2D eigenvalue weighted by molar-refractivity contribution is -0.138. The molecule has 2 heterocycles. The van der Waals surface area contributed by atoms with E-state index in [0.717, 1.165) is 0 Å². The summed E-state index contributed by atoms with van der Waals surface area (Å²) < 4.78 is 1.19. The van der Waals surface area contributed by atoms with E-state index < -0.39 is 0 Å². The van der Waals surface area contributed by atoms with Crippen LogP contribution in [0.2, 0.25) is 0 Å². The highest BCUT2D eigenvalue weighted by molar-refractivity contribution is 5.80. The summed E-state index contributed by atoms with van der Waals surface area (Å²) in [5.41, 5.74) is -0.665. The summed E-state index contributed by atoms with van der Waals surface area (Å²) in [6.45, 7) is 3.65. The van der Waals surface area contributed by atoms with Gasteiger partial charge in [0.2, 0.25) is 11.8 Å². The average molecular weight is 344 g/mol. The Kier molecular flexibility index (Phi) is 4.69. The summed E-state index contributed by atoms with van der Waals surface area (Å²) in [4.78, 5) is 51.5. The van der Waals surface area contributed by atoms with E-state index in [4.69, 9.17) is 0 Å². The van der Waals surface area contributed by atoms with Crippen LogP contribution in [0.15, 0.2) is 33.9 Å². The molecule has 1 aliphatic heterocycles. The number of rotatable bonds is 3. The van der Waals surface area contributed by atoms with Crippen molar-refractivity contribution in [3.05, 3.63) is 45.0 Å². The van der Waals surface area contributed by atoms with Gasteiger partial charge in [0.25, 0.3) is 11.1 Å². The molecule has 0 unspecified atom stereocenters. The molecule has 1 N–H and O–H groups in total. The minimum atomic E-state index is -0.349. The van der Waals surface area contributed by atoms with Gasteiger partial charge in [-0.05, 0) is 12.1 Å². The van der Waals surface area contributed by atoms with Crippen molar-refractivity contribution in [2.75, 3.05) is 26.2 Å². The molecule has 8 heteroatoms. The van der Waals surface area contributed by atoms with Gasteiger partial charge in [-0.15, -0.1) is 0 Å². The topological polar surface area (TPSA) is 95.5 Å². The highest BCUT2D eigenvalue weighted by Crippen LogP contribution is 2.06. The van der Waals surface area contributed by atoms with Crippen molar-refractivity contribution in [3.63, 3.8) is 0 Å². The number of aromatic nitrogens is 2. The summed E-state index contributed by atoms with van der Waals surface area (Å²) in [5.74, 6) is -0.0866. The fourth-order valence-corrected chi connectivity index (χ4v) is 3.04.